The SMILES string of the molecule is NC(=O)Nc1ccc(NC(=O)CCc2nc(-c3ccc(Cl)cc3)no2)cc1. The fourth-order valence-corrected chi connectivity index (χ4v) is 2.42. The summed E-state index contributed by atoms with van der Waals surface area (Å²) in [6.45, 7) is 0. The van der Waals surface area contributed by atoms with Crippen LogP contribution in [0.2, 0.25) is 5.02 Å². The molecule has 0 radical (unpaired) electrons. The molecule has 0 spiro atoms. The second-order valence-corrected chi connectivity index (χ2v) is 6.07. The van der Waals surface area contributed by atoms with E-state index >= 15 is 0 Å². The molecular formula is C18H16ClN5O3. The highest BCUT2D eigenvalue weighted by molar-refractivity contribution is 6.30. The first-order chi connectivity index (χ1) is 13.0. The van der Waals surface area contributed by atoms with Crippen molar-refractivity contribution in [3.05, 3.63) is 59.4 Å². The molecule has 1 aromatic heterocycles. The smallest absolute Gasteiger partial charge is 0.316 e. The number of aryl methyl sites for hydroxylation is 1. The standard InChI is InChI=1S/C18H16ClN5O3/c19-12-3-1-11(2-4-12)17-23-16(27-24-17)10-9-15(25)21-13-5-7-14(8-6-13)22-18(20)26/h1-8H,9-10H2,(H,21,25)(H3,20,22,26). The first kappa shape index (κ1) is 18.4. The Morgan fingerprint density at radius 2 is 1.63 bits per heavy atom. The summed E-state index contributed by atoms with van der Waals surface area (Å²) in [5.74, 6) is 0.618. The molecule has 0 bridgehead atoms. The van der Waals surface area contributed by atoms with Gasteiger partial charge in [-0.05, 0) is 48.5 Å². The molecule has 0 saturated carbocycles. The zero-order chi connectivity index (χ0) is 19.2. The predicted molar refractivity (Wildman–Crippen MR) is 101 cm³/mol. The monoisotopic (exact) mass is 385 g/mol. The number of anilines is 2. The van der Waals surface area contributed by atoms with Crippen molar-refractivity contribution in [2.24, 2.45) is 5.73 Å². The molecule has 138 valence electrons. The van der Waals surface area contributed by atoms with Crippen LogP contribution in [0, 0.1) is 0 Å². The van der Waals surface area contributed by atoms with E-state index in [4.69, 9.17) is 21.9 Å². The number of nitrogens with one attached hydrogen (secondary N) is 2. The maximum atomic E-state index is 12.1. The molecule has 1 heterocycles. The van der Waals surface area contributed by atoms with E-state index in [1.54, 1.807) is 48.5 Å². The third kappa shape index (κ3) is 5.29. The molecule has 0 atom stereocenters. The lowest BCUT2D eigenvalue weighted by molar-refractivity contribution is -0.116. The van der Waals surface area contributed by atoms with Gasteiger partial charge in [0.1, 0.15) is 0 Å². The van der Waals surface area contributed by atoms with Crippen LogP contribution in [0.15, 0.2) is 53.1 Å². The van der Waals surface area contributed by atoms with E-state index in [1.165, 1.54) is 0 Å². The highest BCUT2D eigenvalue weighted by atomic mass is 35.5. The summed E-state index contributed by atoms with van der Waals surface area (Å²) in [4.78, 5) is 27.1. The molecule has 0 unspecified atom stereocenters. The van der Waals surface area contributed by atoms with Crippen LogP contribution < -0.4 is 16.4 Å². The quantitative estimate of drug-likeness (QED) is 0.599. The van der Waals surface area contributed by atoms with E-state index in [0.29, 0.717) is 34.5 Å². The molecule has 0 fully saturated rings. The van der Waals surface area contributed by atoms with Crippen LogP contribution >= 0.6 is 11.6 Å². The van der Waals surface area contributed by atoms with Gasteiger partial charge in [0.05, 0.1) is 0 Å². The lowest BCUT2D eigenvalue weighted by Gasteiger charge is -2.06. The highest BCUT2D eigenvalue weighted by Crippen LogP contribution is 2.19. The van der Waals surface area contributed by atoms with E-state index in [0.717, 1.165) is 5.56 Å². The van der Waals surface area contributed by atoms with Gasteiger partial charge in [0.25, 0.3) is 0 Å². The maximum absolute atomic E-state index is 12.1. The molecule has 4 N–H and O–H groups in total. The number of amides is 3. The largest absolute Gasteiger partial charge is 0.351 e. The number of benzene rings is 2. The zero-order valence-corrected chi connectivity index (χ0v) is 14.9. The molecule has 0 aliphatic heterocycles. The van der Waals surface area contributed by atoms with Crippen molar-refractivity contribution < 1.29 is 14.1 Å². The number of aromatic nitrogens is 2. The molecule has 27 heavy (non-hydrogen) atoms. The molecule has 8 nitrogen and oxygen atoms in total. The highest BCUT2D eigenvalue weighted by Gasteiger charge is 2.11. The summed E-state index contributed by atoms with van der Waals surface area (Å²) in [7, 11) is 0. The molecule has 3 amide bonds. The van der Waals surface area contributed by atoms with Gasteiger partial charge < -0.3 is 20.9 Å². The Morgan fingerprint density at radius 3 is 2.26 bits per heavy atom. The van der Waals surface area contributed by atoms with Crippen molar-refractivity contribution in [1.29, 1.82) is 0 Å². The Balaban J connectivity index is 1.52. The fourth-order valence-electron chi connectivity index (χ4n) is 2.30. The Labute approximate surface area is 159 Å². The van der Waals surface area contributed by atoms with E-state index < -0.39 is 6.03 Å². The third-order valence-corrected chi connectivity index (χ3v) is 3.82. The van der Waals surface area contributed by atoms with Crippen molar-refractivity contribution in [3.63, 3.8) is 0 Å². The molecule has 0 aliphatic rings. The number of carbonyl (C=O) groups is 2. The summed E-state index contributed by atoms with van der Waals surface area (Å²) in [6.07, 6.45) is 0.497. The number of nitrogens with zero attached hydrogens (tertiary/aromatic N) is 2. The van der Waals surface area contributed by atoms with Crippen LogP contribution in [0.1, 0.15) is 12.3 Å². The number of nitrogens with two attached hydrogens (primary N) is 1. The Morgan fingerprint density at radius 1 is 1.00 bits per heavy atom. The van der Waals surface area contributed by atoms with E-state index in [-0.39, 0.29) is 12.3 Å². The molecule has 0 aliphatic carbocycles. The van der Waals surface area contributed by atoms with Gasteiger partial charge in [-0.2, -0.15) is 4.98 Å². The molecule has 9 heteroatoms. The van der Waals surface area contributed by atoms with Gasteiger partial charge in [-0.25, -0.2) is 4.79 Å². The van der Waals surface area contributed by atoms with Crippen LogP contribution in [-0.4, -0.2) is 22.1 Å². The Hall–Kier alpha value is -3.39. The number of carbonyl (C=O) groups excluding carboxylic acids is 2. The molecule has 3 aromatic rings. The topological polar surface area (TPSA) is 123 Å². The van der Waals surface area contributed by atoms with Crippen LogP contribution in [-0.2, 0) is 11.2 Å². The van der Waals surface area contributed by atoms with Crippen molar-refractivity contribution in [3.8, 4) is 11.4 Å². The summed E-state index contributed by atoms with van der Waals surface area (Å²) >= 11 is 5.85. The number of primary amides is 1. The van der Waals surface area contributed by atoms with Crippen LogP contribution in [0.25, 0.3) is 11.4 Å². The van der Waals surface area contributed by atoms with Crippen molar-refractivity contribution in [2.75, 3.05) is 10.6 Å². The minimum absolute atomic E-state index is 0.184. The first-order valence-electron chi connectivity index (χ1n) is 8.04. The molecule has 2 aromatic carbocycles. The lowest BCUT2D eigenvalue weighted by atomic mass is 10.2. The summed E-state index contributed by atoms with van der Waals surface area (Å²) in [5, 5.41) is 9.72. The zero-order valence-electron chi connectivity index (χ0n) is 14.1. The number of hydrogen-bond acceptors (Lipinski definition) is 5. The average Bonchev–Trinajstić information content (AvgIpc) is 3.11. The van der Waals surface area contributed by atoms with E-state index in [2.05, 4.69) is 20.8 Å². The van der Waals surface area contributed by atoms with E-state index in [1.807, 2.05) is 0 Å². The van der Waals surface area contributed by atoms with Crippen molar-refractivity contribution in [2.45, 2.75) is 12.8 Å². The minimum atomic E-state index is -0.649. The minimum Gasteiger partial charge on any atom is -0.351 e. The lowest BCUT2D eigenvalue weighted by Crippen LogP contribution is -2.19. The number of rotatable bonds is 6. The van der Waals surface area contributed by atoms with Crippen molar-refractivity contribution >= 4 is 34.9 Å². The van der Waals surface area contributed by atoms with Gasteiger partial charge in [0.15, 0.2) is 0 Å². The van der Waals surface area contributed by atoms with Gasteiger partial charge in [0, 0.05) is 34.8 Å². The average molecular weight is 386 g/mol. The van der Waals surface area contributed by atoms with Crippen molar-refractivity contribution in [1.82, 2.24) is 10.1 Å². The van der Waals surface area contributed by atoms with Gasteiger partial charge in [-0.15, -0.1) is 0 Å². The van der Waals surface area contributed by atoms with Gasteiger partial charge in [0.2, 0.25) is 17.6 Å². The summed E-state index contributed by atoms with van der Waals surface area (Å²) < 4.78 is 5.18. The van der Waals surface area contributed by atoms with Gasteiger partial charge in [-0.3, -0.25) is 4.79 Å². The predicted octanol–water partition coefficient (Wildman–Crippen LogP) is 3.45. The maximum Gasteiger partial charge on any atom is 0.316 e. The van der Waals surface area contributed by atoms with Crippen LogP contribution in [0.4, 0.5) is 16.2 Å². The first-order valence-corrected chi connectivity index (χ1v) is 8.42. The van der Waals surface area contributed by atoms with Gasteiger partial charge >= 0.3 is 6.03 Å². The van der Waals surface area contributed by atoms with E-state index in [9.17, 15) is 9.59 Å². The Kier molecular flexibility index (Phi) is 5.68. The third-order valence-electron chi connectivity index (χ3n) is 3.57. The summed E-state index contributed by atoms with van der Waals surface area (Å²) in [6, 6.07) is 13.0. The molecule has 3 rings (SSSR count). The normalized spacial score (nSPS) is 10.4. The number of halogens is 1. The second-order valence-electron chi connectivity index (χ2n) is 5.63. The molecular weight excluding hydrogens is 370 g/mol. The fraction of sp³-hybridized carbons (Fsp3) is 0.111. The summed E-state index contributed by atoms with van der Waals surface area (Å²) in [5.41, 5.74) is 6.96. The van der Waals surface area contributed by atoms with Gasteiger partial charge in [-0.1, -0.05) is 16.8 Å². The number of hydrogen-bond donors (Lipinski definition) is 3. The Bertz CT molecular complexity index is 938. The van der Waals surface area contributed by atoms with Crippen LogP contribution in [0.5, 0.6) is 0 Å². The number of urea groups is 1. The van der Waals surface area contributed by atoms with Crippen LogP contribution in [0.3, 0.4) is 0 Å². The molecule has 0 saturated heterocycles. The second kappa shape index (κ2) is 8.33.